The molecule has 26 heavy (non-hydrogen) atoms. The molecule has 1 atom stereocenters. The molecule has 0 bridgehead atoms. The van der Waals surface area contributed by atoms with Gasteiger partial charge in [0.15, 0.2) is 5.78 Å². The standard InChI is InChI=1S/C19H16FNO5/c1-2-26-15-7-8-16(13(9-15)11-22)21-17(19(24)25)10-18(23)12-3-5-14(20)6-4-12/h3-10,16,21H,2H2,1H3,(H,24,25). The van der Waals surface area contributed by atoms with E-state index in [9.17, 15) is 23.9 Å². The van der Waals surface area contributed by atoms with Gasteiger partial charge < -0.3 is 15.2 Å². The second-order valence-corrected chi connectivity index (χ2v) is 5.25. The summed E-state index contributed by atoms with van der Waals surface area (Å²) in [5, 5.41) is 11.9. The van der Waals surface area contributed by atoms with E-state index in [2.05, 4.69) is 5.32 Å². The number of allylic oxidation sites excluding steroid dienone is 2. The van der Waals surface area contributed by atoms with Gasteiger partial charge in [-0.05, 0) is 43.3 Å². The minimum absolute atomic E-state index is 0.135. The van der Waals surface area contributed by atoms with Gasteiger partial charge in [0, 0.05) is 11.6 Å². The van der Waals surface area contributed by atoms with Gasteiger partial charge in [0.25, 0.3) is 0 Å². The van der Waals surface area contributed by atoms with E-state index in [0.29, 0.717) is 12.4 Å². The van der Waals surface area contributed by atoms with E-state index in [1.54, 1.807) is 18.9 Å². The van der Waals surface area contributed by atoms with E-state index in [1.165, 1.54) is 24.3 Å². The van der Waals surface area contributed by atoms with Crippen LogP contribution >= 0.6 is 0 Å². The van der Waals surface area contributed by atoms with Crippen LogP contribution in [0, 0.1) is 5.82 Å². The Balaban J connectivity index is 2.22. The van der Waals surface area contributed by atoms with Gasteiger partial charge in [0.1, 0.15) is 23.2 Å². The second kappa shape index (κ2) is 8.60. The quantitative estimate of drug-likeness (QED) is 0.441. The van der Waals surface area contributed by atoms with Crippen LogP contribution < -0.4 is 5.32 Å². The first-order chi connectivity index (χ1) is 12.4. The minimum atomic E-state index is -1.38. The van der Waals surface area contributed by atoms with Gasteiger partial charge in [-0.2, -0.15) is 0 Å². The van der Waals surface area contributed by atoms with Gasteiger partial charge in [0.05, 0.1) is 18.2 Å². The molecule has 0 aliphatic heterocycles. The molecule has 1 aromatic rings. The van der Waals surface area contributed by atoms with Crippen molar-refractivity contribution in [2.75, 3.05) is 6.61 Å². The van der Waals surface area contributed by atoms with Crippen molar-refractivity contribution < 1.29 is 28.6 Å². The largest absolute Gasteiger partial charge is 0.494 e. The number of rotatable bonds is 7. The average molecular weight is 357 g/mol. The molecule has 2 rings (SSSR count). The van der Waals surface area contributed by atoms with Crippen molar-refractivity contribution in [3.8, 4) is 0 Å². The van der Waals surface area contributed by atoms with Crippen LogP contribution in [0.4, 0.5) is 4.39 Å². The van der Waals surface area contributed by atoms with Crippen molar-refractivity contribution in [1.29, 1.82) is 0 Å². The zero-order valence-electron chi connectivity index (χ0n) is 13.9. The number of aliphatic carboxylic acids is 1. The molecule has 0 saturated carbocycles. The highest BCUT2D eigenvalue weighted by Crippen LogP contribution is 2.17. The van der Waals surface area contributed by atoms with Crippen LogP contribution in [-0.2, 0) is 14.3 Å². The molecule has 0 fully saturated rings. The molecule has 0 radical (unpaired) electrons. The number of ether oxygens (including phenoxy) is 1. The molecule has 134 valence electrons. The van der Waals surface area contributed by atoms with Crippen molar-refractivity contribution in [2.24, 2.45) is 0 Å². The van der Waals surface area contributed by atoms with Crippen LogP contribution in [0.1, 0.15) is 17.3 Å². The molecule has 6 nitrogen and oxygen atoms in total. The molecule has 1 aliphatic rings. The molecule has 1 aromatic carbocycles. The Morgan fingerprint density at radius 3 is 2.62 bits per heavy atom. The van der Waals surface area contributed by atoms with Gasteiger partial charge in [-0.3, -0.25) is 4.79 Å². The van der Waals surface area contributed by atoms with Gasteiger partial charge >= 0.3 is 5.97 Å². The number of hydrogen-bond donors (Lipinski definition) is 2. The summed E-state index contributed by atoms with van der Waals surface area (Å²) in [6, 6.07) is 3.93. The summed E-state index contributed by atoms with van der Waals surface area (Å²) in [4.78, 5) is 34.7. The fourth-order valence-corrected chi connectivity index (χ4v) is 2.22. The maximum absolute atomic E-state index is 12.9. The monoisotopic (exact) mass is 357 g/mol. The summed E-state index contributed by atoms with van der Waals surface area (Å²) in [7, 11) is 0. The summed E-state index contributed by atoms with van der Waals surface area (Å²) in [6.45, 7) is 2.20. The SMILES string of the molecule is CCOC1=CC(=C=O)C(NC(=CC(=O)c2ccc(F)cc2)C(=O)O)C=C1. The van der Waals surface area contributed by atoms with E-state index < -0.39 is 29.3 Å². The molecule has 0 amide bonds. The number of hydrogen-bond acceptors (Lipinski definition) is 5. The molecule has 0 saturated heterocycles. The molecule has 1 unspecified atom stereocenters. The Bertz CT molecular complexity index is 845. The molecular formula is C19H16FNO5. The second-order valence-electron chi connectivity index (χ2n) is 5.25. The van der Waals surface area contributed by atoms with E-state index in [4.69, 9.17) is 4.74 Å². The van der Waals surface area contributed by atoms with E-state index in [1.807, 2.05) is 0 Å². The third-order valence-electron chi connectivity index (χ3n) is 3.46. The molecule has 0 spiro atoms. The van der Waals surface area contributed by atoms with Crippen LogP contribution in [0.25, 0.3) is 0 Å². The fraction of sp³-hybridized carbons (Fsp3) is 0.158. The smallest absolute Gasteiger partial charge is 0.352 e. The summed E-state index contributed by atoms with van der Waals surface area (Å²) in [5.74, 6) is -0.319. The summed E-state index contributed by atoms with van der Waals surface area (Å²) in [5.41, 5.74) is -0.136. The number of carbonyl (C=O) groups excluding carboxylic acids is 2. The first-order valence-electron chi connectivity index (χ1n) is 7.73. The zero-order chi connectivity index (χ0) is 19.1. The summed E-state index contributed by atoms with van der Waals surface area (Å²) in [6.07, 6.45) is 5.44. The van der Waals surface area contributed by atoms with E-state index >= 15 is 0 Å². The number of ketones is 1. The third-order valence-corrected chi connectivity index (χ3v) is 3.46. The zero-order valence-corrected chi connectivity index (χ0v) is 13.9. The maximum atomic E-state index is 12.9. The van der Waals surface area contributed by atoms with Crippen LogP contribution in [-0.4, -0.2) is 35.4 Å². The fourth-order valence-electron chi connectivity index (χ4n) is 2.22. The highest BCUT2D eigenvalue weighted by Gasteiger charge is 2.20. The lowest BCUT2D eigenvalue weighted by Crippen LogP contribution is -2.33. The molecule has 2 N–H and O–H groups in total. The number of benzene rings is 1. The summed E-state index contributed by atoms with van der Waals surface area (Å²) >= 11 is 0. The van der Waals surface area contributed by atoms with Gasteiger partial charge in [-0.1, -0.05) is 6.08 Å². The normalized spacial score (nSPS) is 16.5. The lowest BCUT2D eigenvalue weighted by molar-refractivity contribution is -0.133. The van der Waals surface area contributed by atoms with E-state index in [0.717, 1.165) is 18.2 Å². The van der Waals surface area contributed by atoms with Gasteiger partial charge in [-0.15, -0.1) is 0 Å². The highest BCUT2D eigenvalue weighted by molar-refractivity contribution is 6.08. The van der Waals surface area contributed by atoms with Crippen molar-refractivity contribution >= 4 is 17.7 Å². The lowest BCUT2D eigenvalue weighted by Gasteiger charge is -2.20. The average Bonchev–Trinajstić information content (AvgIpc) is 2.62. The van der Waals surface area contributed by atoms with E-state index in [-0.39, 0.29) is 11.1 Å². The number of carboxylic acids is 1. The Kier molecular flexibility index (Phi) is 6.25. The predicted octanol–water partition coefficient (Wildman–Crippen LogP) is 2.18. The highest BCUT2D eigenvalue weighted by atomic mass is 19.1. The predicted molar refractivity (Wildman–Crippen MR) is 91.4 cm³/mol. The van der Waals surface area contributed by atoms with Crippen LogP contribution in [0.3, 0.4) is 0 Å². The Morgan fingerprint density at radius 1 is 1.35 bits per heavy atom. The van der Waals surface area contributed by atoms with Crippen molar-refractivity contribution in [1.82, 2.24) is 5.32 Å². The Labute approximate surface area is 149 Å². The Morgan fingerprint density at radius 2 is 2.04 bits per heavy atom. The molecule has 0 aromatic heterocycles. The van der Waals surface area contributed by atoms with Crippen LogP contribution in [0.15, 0.2) is 65.6 Å². The number of carboxylic acid groups (broad SMARTS) is 1. The van der Waals surface area contributed by atoms with Crippen molar-refractivity contribution in [3.05, 3.63) is 77.0 Å². The molecule has 1 aliphatic carbocycles. The lowest BCUT2D eigenvalue weighted by atomic mass is 10.0. The number of nitrogens with one attached hydrogen (secondary N) is 1. The first kappa shape index (κ1) is 18.9. The first-order valence-corrected chi connectivity index (χ1v) is 7.73. The topological polar surface area (TPSA) is 92.7 Å². The maximum Gasteiger partial charge on any atom is 0.352 e. The minimum Gasteiger partial charge on any atom is -0.494 e. The number of halogens is 1. The molecular weight excluding hydrogens is 341 g/mol. The summed E-state index contributed by atoms with van der Waals surface area (Å²) < 4.78 is 18.2. The molecule has 7 heteroatoms. The van der Waals surface area contributed by atoms with Crippen molar-refractivity contribution in [2.45, 2.75) is 13.0 Å². The number of carbonyl (C=O) groups is 2. The van der Waals surface area contributed by atoms with Crippen molar-refractivity contribution in [3.63, 3.8) is 0 Å². The van der Waals surface area contributed by atoms with Crippen LogP contribution in [0.5, 0.6) is 0 Å². The van der Waals surface area contributed by atoms with Gasteiger partial charge in [0.2, 0.25) is 0 Å². The molecule has 0 heterocycles. The van der Waals surface area contributed by atoms with Gasteiger partial charge in [-0.25, -0.2) is 14.0 Å². The van der Waals surface area contributed by atoms with Crippen LogP contribution in [0.2, 0.25) is 0 Å². The Hall–Kier alpha value is -3.44. The third kappa shape index (κ3) is 4.78.